The Balaban J connectivity index is 1.84. The highest BCUT2D eigenvalue weighted by atomic mass is 32.2. The number of nitrogens with two attached hydrogens (primary N) is 1. The van der Waals surface area contributed by atoms with Gasteiger partial charge in [0.2, 0.25) is 0 Å². The molecule has 0 aliphatic rings. The van der Waals surface area contributed by atoms with Gasteiger partial charge in [-0.05, 0) is 6.07 Å². The largest absolute Gasteiger partial charge is 0.496 e. The first kappa shape index (κ1) is 12.7. The molecule has 0 amide bonds. The zero-order chi connectivity index (χ0) is 13.9. The van der Waals surface area contributed by atoms with Crippen molar-refractivity contribution in [3.8, 4) is 5.75 Å². The molecule has 0 radical (unpaired) electrons. The normalized spacial score (nSPS) is 10.8. The molecule has 0 unspecified atom stereocenters. The Labute approximate surface area is 119 Å². The molecular weight excluding hydrogens is 274 g/mol. The van der Waals surface area contributed by atoms with E-state index < -0.39 is 0 Å². The van der Waals surface area contributed by atoms with Crippen molar-refractivity contribution in [1.82, 2.24) is 19.9 Å². The van der Waals surface area contributed by atoms with E-state index in [1.165, 1.54) is 6.33 Å². The standard InChI is InChI=1S/C13H13N5OS/c1-19-10-4-9(14)3-2-8(10)5-20-13-11-12(16-6-15-11)17-7-18-13/h2-4,6-7H,5,14H2,1H3,(H,15,16,17,18). The van der Waals surface area contributed by atoms with Gasteiger partial charge in [0.05, 0.1) is 13.4 Å². The number of ether oxygens (including phenoxy) is 1. The molecular formula is C13H13N5OS. The number of rotatable bonds is 4. The summed E-state index contributed by atoms with van der Waals surface area (Å²) in [7, 11) is 1.64. The number of nitrogens with one attached hydrogen (secondary N) is 1. The third-order valence-electron chi connectivity index (χ3n) is 2.86. The van der Waals surface area contributed by atoms with E-state index >= 15 is 0 Å². The molecule has 1 aromatic carbocycles. The second-order valence-electron chi connectivity index (χ2n) is 4.14. The summed E-state index contributed by atoms with van der Waals surface area (Å²) in [6, 6.07) is 5.65. The molecule has 0 aliphatic carbocycles. The van der Waals surface area contributed by atoms with E-state index in [9.17, 15) is 0 Å². The second-order valence-corrected chi connectivity index (χ2v) is 5.10. The summed E-state index contributed by atoms with van der Waals surface area (Å²) in [5.74, 6) is 1.52. The van der Waals surface area contributed by atoms with Crippen LogP contribution in [0, 0.1) is 0 Å². The number of methoxy groups -OCH3 is 1. The van der Waals surface area contributed by atoms with Gasteiger partial charge < -0.3 is 15.5 Å². The fourth-order valence-corrected chi connectivity index (χ4v) is 2.83. The van der Waals surface area contributed by atoms with E-state index in [0.717, 1.165) is 27.6 Å². The van der Waals surface area contributed by atoms with Crippen molar-refractivity contribution in [2.45, 2.75) is 10.8 Å². The van der Waals surface area contributed by atoms with Gasteiger partial charge in [0, 0.05) is 23.1 Å². The minimum atomic E-state index is 0.673. The number of hydrogen-bond acceptors (Lipinski definition) is 6. The number of aromatic amines is 1. The topological polar surface area (TPSA) is 89.7 Å². The van der Waals surface area contributed by atoms with Crippen LogP contribution in [0.2, 0.25) is 0 Å². The molecule has 3 N–H and O–H groups in total. The first-order chi connectivity index (χ1) is 9.78. The van der Waals surface area contributed by atoms with Crippen molar-refractivity contribution >= 4 is 28.6 Å². The first-order valence-electron chi connectivity index (χ1n) is 5.97. The highest BCUT2D eigenvalue weighted by molar-refractivity contribution is 7.98. The van der Waals surface area contributed by atoms with Crippen LogP contribution < -0.4 is 10.5 Å². The Kier molecular flexibility index (Phi) is 3.42. The molecule has 7 heteroatoms. The molecule has 0 bridgehead atoms. The third kappa shape index (κ3) is 2.39. The van der Waals surface area contributed by atoms with Crippen LogP contribution in [0.4, 0.5) is 5.69 Å². The summed E-state index contributed by atoms with van der Waals surface area (Å²) in [6.07, 6.45) is 3.14. The summed E-state index contributed by atoms with van der Waals surface area (Å²) in [4.78, 5) is 15.5. The minimum absolute atomic E-state index is 0.673. The highest BCUT2D eigenvalue weighted by Gasteiger charge is 2.09. The van der Waals surface area contributed by atoms with Gasteiger partial charge in [-0.1, -0.05) is 17.8 Å². The number of benzene rings is 1. The van der Waals surface area contributed by atoms with Crippen molar-refractivity contribution in [1.29, 1.82) is 0 Å². The van der Waals surface area contributed by atoms with Gasteiger partial charge in [-0.25, -0.2) is 15.0 Å². The van der Waals surface area contributed by atoms with E-state index in [0.29, 0.717) is 11.3 Å². The number of aromatic nitrogens is 4. The molecule has 102 valence electrons. The molecule has 20 heavy (non-hydrogen) atoms. The SMILES string of the molecule is COc1cc(N)ccc1CSc1ncnc2nc[nH]c12. The number of H-pyrrole nitrogens is 1. The average Bonchev–Trinajstić information content (AvgIpc) is 2.94. The molecule has 2 heterocycles. The smallest absolute Gasteiger partial charge is 0.181 e. The summed E-state index contributed by atoms with van der Waals surface area (Å²) < 4.78 is 5.34. The summed E-state index contributed by atoms with van der Waals surface area (Å²) in [5.41, 5.74) is 9.03. The van der Waals surface area contributed by atoms with Crippen LogP contribution in [0.3, 0.4) is 0 Å². The van der Waals surface area contributed by atoms with Gasteiger partial charge in [-0.15, -0.1) is 0 Å². The van der Waals surface area contributed by atoms with Crippen molar-refractivity contribution in [2.75, 3.05) is 12.8 Å². The molecule has 6 nitrogen and oxygen atoms in total. The van der Waals surface area contributed by atoms with Gasteiger partial charge in [-0.2, -0.15) is 0 Å². The van der Waals surface area contributed by atoms with E-state index in [2.05, 4.69) is 19.9 Å². The lowest BCUT2D eigenvalue weighted by Crippen LogP contribution is -1.94. The Bertz CT molecular complexity index is 742. The first-order valence-corrected chi connectivity index (χ1v) is 6.96. The molecule has 0 saturated carbocycles. The Hall–Kier alpha value is -2.28. The number of thioether (sulfide) groups is 1. The predicted octanol–water partition coefficient (Wildman–Crippen LogP) is 2.24. The van der Waals surface area contributed by atoms with E-state index in [1.54, 1.807) is 25.2 Å². The van der Waals surface area contributed by atoms with Crippen LogP contribution in [0.5, 0.6) is 5.75 Å². The maximum absolute atomic E-state index is 5.75. The lowest BCUT2D eigenvalue weighted by Gasteiger charge is -2.08. The summed E-state index contributed by atoms with van der Waals surface area (Å²) in [5, 5.41) is 0.867. The Morgan fingerprint density at radius 1 is 1.30 bits per heavy atom. The number of anilines is 1. The van der Waals surface area contributed by atoms with E-state index in [4.69, 9.17) is 10.5 Å². The van der Waals surface area contributed by atoms with Crippen molar-refractivity contribution in [3.05, 3.63) is 36.4 Å². The van der Waals surface area contributed by atoms with Gasteiger partial charge in [0.1, 0.15) is 22.6 Å². The second kappa shape index (κ2) is 5.38. The van der Waals surface area contributed by atoms with Crippen LogP contribution in [0.15, 0.2) is 35.9 Å². The number of nitrogen functional groups attached to an aromatic ring is 1. The maximum atomic E-state index is 5.75. The van der Waals surface area contributed by atoms with Crippen LogP contribution in [0.1, 0.15) is 5.56 Å². The molecule has 0 saturated heterocycles. The predicted molar refractivity (Wildman–Crippen MR) is 78.7 cm³/mol. The van der Waals surface area contributed by atoms with E-state index in [1.807, 2.05) is 18.2 Å². The van der Waals surface area contributed by atoms with Crippen molar-refractivity contribution < 1.29 is 4.74 Å². The monoisotopic (exact) mass is 287 g/mol. The van der Waals surface area contributed by atoms with Gasteiger partial charge in [0.15, 0.2) is 5.65 Å². The molecule has 3 rings (SSSR count). The van der Waals surface area contributed by atoms with Crippen LogP contribution in [-0.4, -0.2) is 27.0 Å². The average molecular weight is 287 g/mol. The molecule has 0 atom stereocenters. The van der Waals surface area contributed by atoms with E-state index in [-0.39, 0.29) is 0 Å². The van der Waals surface area contributed by atoms with Crippen molar-refractivity contribution in [3.63, 3.8) is 0 Å². The van der Waals surface area contributed by atoms with Crippen LogP contribution in [-0.2, 0) is 5.75 Å². The highest BCUT2D eigenvalue weighted by Crippen LogP contribution is 2.30. The van der Waals surface area contributed by atoms with Crippen molar-refractivity contribution in [2.24, 2.45) is 0 Å². The zero-order valence-electron chi connectivity index (χ0n) is 10.8. The molecule has 3 aromatic rings. The quantitative estimate of drug-likeness (QED) is 0.434. The number of hydrogen-bond donors (Lipinski definition) is 2. The molecule has 0 fully saturated rings. The molecule has 0 spiro atoms. The fourth-order valence-electron chi connectivity index (χ4n) is 1.88. The van der Waals surface area contributed by atoms with Gasteiger partial charge >= 0.3 is 0 Å². The lowest BCUT2D eigenvalue weighted by molar-refractivity contribution is 0.411. The Morgan fingerprint density at radius 3 is 3.05 bits per heavy atom. The summed E-state index contributed by atoms with van der Waals surface area (Å²) >= 11 is 1.60. The molecule has 0 aliphatic heterocycles. The maximum Gasteiger partial charge on any atom is 0.181 e. The zero-order valence-corrected chi connectivity index (χ0v) is 11.6. The van der Waals surface area contributed by atoms with Crippen LogP contribution >= 0.6 is 11.8 Å². The number of imidazole rings is 1. The third-order valence-corrected chi connectivity index (χ3v) is 3.90. The molecule has 2 aromatic heterocycles. The van der Waals surface area contributed by atoms with Gasteiger partial charge in [0.25, 0.3) is 0 Å². The number of nitrogens with zero attached hydrogens (tertiary/aromatic N) is 3. The lowest BCUT2D eigenvalue weighted by atomic mass is 10.2. The number of fused-ring (bicyclic) bond motifs is 1. The van der Waals surface area contributed by atoms with Crippen LogP contribution in [0.25, 0.3) is 11.2 Å². The Morgan fingerprint density at radius 2 is 2.20 bits per heavy atom. The van der Waals surface area contributed by atoms with Gasteiger partial charge in [-0.3, -0.25) is 0 Å². The summed E-state index contributed by atoms with van der Waals surface area (Å²) in [6.45, 7) is 0. The minimum Gasteiger partial charge on any atom is -0.496 e. The fraction of sp³-hybridized carbons (Fsp3) is 0.154.